The van der Waals surface area contributed by atoms with Crippen LogP contribution >= 0.6 is 0 Å². The minimum atomic E-state index is -4.23. The van der Waals surface area contributed by atoms with Gasteiger partial charge in [0.15, 0.2) is 0 Å². The van der Waals surface area contributed by atoms with E-state index in [1.165, 1.54) is 6.42 Å². The zero-order valence-corrected chi connectivity index (χ0v) is 8.78. The van der Waals surface area contributed by atoms with Crippen molar-refractivity contribution < 1.29 is 17.9 Å². The highest BCUT2D eigenvalue weighted by Gasteiger charge is 2.29. The molecule has 0 heterocycles. The van der Waals surface area contributed by atoms with Crippen molar-refractivity contribution >= 4 is 0 Å². The number of hydrogen-bond donors (Lipinski definition) is 1. The summed E-state index contributed by atoms with van der Waals surface area (Å²) in [6.07, 6.45) is 1.45. The second-order valence-electron chi connectivity index (χ2n) is 4.34. The lowest BCUT2D eigenvalue weighted by Gasteiger charge is -2.33. The van der Waals surface area contributed by atoms with Crippen LogP contribution in [-0.2, 0) is 4.74 Å². The Morgan fingerprint density at radius 3 is 2.27 bits per heavy atom. The largest absolute Gasteiger partial charge is 0.411 e. The zero-order valence-electron chi connectivity index (χ0n) is 8.78. The van der Waals surface area contributed by atoms with Gasteiger partial charge in [0.25, 0.3) is 0 Å². The first kappa shape index (κ1) is 12.8. The molecule has 0 radical (unpaired) electrons. The van der Waals surface area contributed by atoms with Crippen LogP contribution in [-0.4, -0.2) is 24.9 Å². The lowest BCUT2D eigenvalue weighted by atomic mass is 9.80. The van der Waals surface area contributed by atoms with Crippen molar-refractivity contribution in [1.29, 1.82) is 0 Å². The molecular formula is C10H18F3NO. The fraction of sp³-hybridized carbons (Fsp3) is 1.00. The van der Waals surface area contributed by atoms with Gasteiger partial charge < -0.3 is 10.5 Å². The van der Waals surface area contributed by atoms with Gasteiger partial charge in [-0.1, -0.05) is 19.3 Å². The van der Waals surface area contributed by atoms with E-state index >= 15 is 0 Å². The van der Waals surface area contributed by atoms with Crippen LogP contribution in [0.15, 0.2) is 0 Å². The summed E-state index contributed by atoms with van der Waals surface area (Å²) in [6.45, 7) is -1.06. The molecule has 0 aromatic rings. The third kappa shape index (κ3) is 5.37. The van der Waals surface area contributed by atoms with Crippen molar-refractivity contribution in [1.82, 2.24) is 0 Å². The molecule has 0 bridgehead atoms. The highest BCUT2D eigenvalue weighted by molar-refractivity contribution is 4.86. The van der Waals surface area contributed by atoms with E-state index in [4.69, 9.17) is 5.73 Å². The predicted molar refractivity (Wildman–Crippen MR) is 51.5 cm³/mol. The molecular weight excluding hydrogens is 207 g/mol. The Labute approximate surface area is 88.0 Å². The van der Waals surface area contributed by atoms with Crippen LogP contribution in [0.4, 0.5) is 13.2 Å². The van der Waals surface area contributed by atoms with Crippen LogP contribution in [0.3, 0.4) is 0 Å². The van der Waals surface area contributed by atoms with Gasteiger partial charge in [0, 0.05) is 12.1 Å². The molecule has 15 heavy (non-hydrogen) atoms. The summed E-state index contributed by atoms with van der Waals surface area (Å²) < 4.78 is 39.8. The number of halogens is 3. The number of ether oxygens (including phenoxy) is 1. The van der Waals surface area contributed by atoms with Gasteiger partial charge in [0.1, 0.15) is 6.61 Å². The molecule has 1 aliphatic rings. The summed E-state index contributed by atoms with van der Waals surface area (Å²) in [7, 11) is 0. The average Bonchev–Trinajstić information content (AvgIpc) is 2.12. The van der Waals surface area contributed by atoms with Crippen LogP contribution in [0.1, 0.15) is 38.5 Å². The smallest absolute Gasteiger partial charge is 0.372 e. The van der Waals surface area contributed by atoms with Crippen molar-refractivity contribution in [2.24, 2.45) is 5.73 Å². The summed E-state index contributed by atoms with van der Waals surface area (Å²) in [5.74, 6) is 0. The second-order valence-corrected chi connectivity index (χ2v) is 4.34. The Hall–Kier alpha value is -0.290. The minimum absolute atomic E-state index is 0.107. The summed E-state index contributed by atoms with van der Waals surface area (Å²) in [5.41, 5.74) is 5.76. The molecule has 0 saturated heterocycles. The van der Waals surface area contributed by atoms with Gasteiger partial charge in [-0.15, -0.1) is 0 Å². The van der Waals surface area contributed by atoms with Gasteiger partial charge in [-0.3, -0.25) is 0 Å². The van der Waals surface area contributed by atoms with E-state index in [9.17, 15) is 13.2 Å². The number of alkyl halides is 3. The van der Waals surface area contributed by atoms with Gasteiger partial charge in [0.05, 0.1) is 0 Å². The van der Waals surface area contributed by atoms with Crippen LogP contribution in [0, 0.1) is 0 Å². The Balaban J connectivity index is 2.13. The Morgan fingerprint density at radius 2 is 1.73 bits per heavy atom. The molecule has 1 saturated carbocycles. The van der Waals surface area contributed by atoms with E-state index in [1.54, 1.807) is 0 Å². The van der Waals surface area contributed by atoms with Crippen LogP contribution in [0.5, 0.6) is 0 Å². The molecule has 90 valence electrons. The molecule has 1 fully saturated rings. The Bertz CT molecular complexity index is 188. The highest BCUT2D eigenvalue weighted by atomic mass is 19.4. The van der Waals surface area contributed by atoms with Gasteiger partial charge in [0.2, 0.25) is 0 Å². The molecule has 0 aromatic heterocycles. The topological polar surface area (TPSA) is 35.2 Å². The third-order valence-corrected chi connectivity index (χ3v) is 2.86. The van der Waals surface area contributed by atoms with E-state index in [0.717, 1.165) is 25.7 Å². The molecule has 1 aliphatic carbocycles. The molecule has 0 unspecified atom stereocenters. The molecule has 0 atom stereocenters. The van der Waals surface area contributed by atoms with Gasteiger partial charge in [-0.2, -0.15) is 13.2 Å². The van der Waals surface area contributed by atoms with Gasteiger partial charge in [-0.05, 0) is 19.3 Å². The predicted octanol–water partition coefficient (Wildman–Crippen LogP) is 2.62. The maximum absolute atomic E-state index is 11.8. The number of nitrogens with two attached hydrogens (primary N) is 1. The van der Waals surface area contributed by atoms with Crippen molar-refractivity contribution in [3.8, 4) is 0 Å². The highest BCUT2D eigenvalue weighted by Crippen LogP contribution is 2.28. The molecule has 0 spiro atoms. The quantitative estimate of drug-likeness (QED) is 0.746. The molecule has 0 amide bonds. The molecule has 0 aliphatic heterocycles. The molecule has 5 heteroatoms. The first-order valence-corrected chi connectivity index (χ1v) is 5.35. The standard InChI is InChI=1S/C10H18F3NO/c11-10(12,13)8-15-7-6-9(14)4-2-1-3-5-9/h1-8,14H2. The maximum atomic E-state index is 11.8. The summed E-state index contributed by atoms with van der Waals surface area (Å²) in [4.78, 5) is 0. The molecule has 1 rings (SSSR count). The Kier molecular flexibility index (Phi) is 4.40. The summed E-state index contributed by atoms with van der Waals surface area (Å²) in [6, 6.07) is 0. The van der Waals surface area contributed by atoms with E-state index in [1.807, 2.05) is 0 Å². The molecule has 0 aromatic carbocycles. The zero-order chi connectivity index (χ0) is 11.4. The van der Waals surface area contributed by atoms with E-state index in [0.29, 0.717) is 6.42 Å². The SMILES string of the molecule is NC1(CCOCC(F)(F)F)CCCCC1. The number of hydrogen-bond acceptors (Lipinski definition) is 2. The summed E-state index contributed by atoms with van der Waals surface area (Å²) >= 11 is 0. The van der Waals surface area contributed by atoms with E-state index in [2.05, 4.69) is 4.74 Å². The second kappa shape index (κ2) is 5.16. The van der Waals surface area contributed by atoms with Gasteiger partial charge in [-0.25, -0.2) is 0 Å². The first-order valence-electron chi connectivity index (χ1n) is 5.35. The van der Waals surface area contributed by atoms with Gasteiger partial charge >= 0.3 is 6.18 Å². The van der Waals surface area contributed by atoms with Crippen molar-refractivity contribution in [3.63, 3.8) is 0 Å². The third-order valence-electron chi connectivity index (χ3n) is 2.86. The van der Waals surface area contributed by atoms with Crippen LogP contribution in [0.2, 0.25) is 0 Å². The van der Waals surface area contributed by atoms with Crippen molar-refractivity contribution in [2.75, 3.05) is 13.2 Å². The Morgan fingerprint density at radius 1 is 1.13 bits per heavy atom. The van der Waals surface area contributed by atoms with E-state index < -0.39 is 12.8 Å². The minimum Gasteiger partial charge on any atom is -0.372 e. The average molecular weight is 225 g/mol. The monoisotopic (exact) mass is 225 g/mol. The molecule has 2 nitrogen and oxygen atoms in total. The first-order chi connectivity index (χ1) is 6.91. The molecule has 2 N–H and O–H groups in total. The summed E-state index contributed by atoms with van der Waals surface area (Å²) in [5, 5.41) is 0. The van der Waals surface area contributed by atoms with Crippen LogP contribution < -0.4 is 5.73 Å². The fourth-order valence-electron chi connectivity index (χ4n) is 1.97. The fourth-order valence-corrected chi connectivity index (χ4v) is 1.97. The van der Waals surface area contributed by atoms with Crippen LogP contribution in [0.25, 0.3) is 0 Å². The maximum Gasteiger partial charge on any atom is 0.411 e. The van der Waals surface area contributed by atoms with Crippen molar-refractivity contribution in [2.45, 2.75) is 50.2 Å². The van der Waals surface area contributed by atoms with Crippen molar-refractivity contribution in [3.05, 3.63) is 0 Å². The lowest BCUT2D eigenvalue weighted by Crippen LogP contribution is -2.42. The van der Waals surface area contributed by atoms with E-state index in [-0.39, 0.29) is 12.1 Å². The number of rotatable bonds is 4. The lowest BCUT2D eigenvalue weighted by molar-refractivity contribution is -0.174. The normalized spacial score (nSPS) is 21.6.